The first-order valence-corrected chi connectivity index (χ1v) is 9.10. The molecular formula is C20H27N3O2. The molecule has 0 unspecified atom stereocenters. The maximum absolute atomic E-state index is 12.8. The molecule has 1 aliphatic rings. The number of nitrogens with zero attached hydrogens (tertiary/aromatic N) is 2. The largest absolute Gasteiger partial charge is 0.349 e. The first-order valence-electron chi connectivity index (χ1n) is 9.10. The average Bonchev–Trinajstić information content (AvgIpc) is 2.52. The molecule has 1 saturated carbocycles. The molecule has 0 aromatic carbocycles. The van der Waals surface area contributed by atoms with E-state index in [0.29, 0.717) is 18.1 Å². The monoisotopic (exact) mass is 341 g/mol. The van der Waals surface area contributed by atoms with Gasteiger partial charge in [0.15, 0.2) is 0 Å². The number of amides is 1. The van der Waals surface area contributed by atoms with Crippen molar-refractivity contribution in [3.63, 3.8) is 0 Å². The third kappa shape index (κ3) is 3.60. The molecule has 5 nitrogen and oxygen atoms in total. The fourth-order valence-electron chi connectivity index (χ4n) is 4.38. The van der Waals surface area contributed by atoms with Gasteiger partial charge in [-0.05, 0) is 55.7 Å². The molecule has 2 aromatic heterocycles. The van der Waals surface area contributed by atoms with Crippen LogP contribution in [0, 0.1) is 11.3 Å². The molecule has 25 heavy (non-hydrogen) atoms. The third-order valence-corrected chi connectivity index (χ3v) is 5.13. The van der Waals surface area contributed by atoms with E-state index in [1.807, 2.05) is 19.1 Å². The van der Waals surface area contributed by atoms with Gasteiger partial charge < -0.3 is 5.32 Å². The van der Waals surface area contributed by atoms with Crippen molar-refractivity contribution in [2.75, 3.05) is 0 Å². The highest BCUT2D eigenvalue weighted by Crippen LogP contribution is 2.38. The van der Waals surface area contributed by atoms with Gasteiger partial charge in [-0.1, -0.05) is 20.8 Å². The van der Waals surface area contributed by atoms with E-state index in [0.717, 1.165) is 18.2 Å². The molecule has 2 heterocycles. The summed E-state index contributed by atoms with van der Waals surface area (Å²) in [5, 5.41) is 3.92. The lowest BCUT2D eigenvalue weighted by Crippen LogP contribution is -2.44. The summed E-state index contributed by atoms with van der Waals surface area (Å²) >= 11 is 0. The molecule has 0 spiro atoms. The molecule has 0 saturated heterocycles. The Hall–Kier alpha value is -2.17. The van der Waals surface area contributed by atoms with Crippen LogP contribution in [0.15, 0.2) is 29.2 Å². The number of rotatable bonds is 3. The van der Waals surface area contributed by atoms with E-state index in [-0.39, 0.29) is 28.5 Å². The van der Waals surface area contributed by atoms with E-state index >= 15 is 0 Å². The molecule has 1 N–H and O–H groups in total. The summed E-state index contributed by atoms with van der Waals surface area (Å²) in [6, 6.07) is 5.49. The zero-order valence-corrected chi connectivity index (χ0v) is 15.5. The fourth-order valence-corrected chi connectivity index (χ4v) is 4.38. The second kappa shape index (κ2) is 6.62. The predicted octanol–water partition coefficient (Wildman–Crippen LogP) is 3.36. The number of aromatic nitrogens is 2. The zero-order valence-electron chi connectivity index (χ0n) is 15.5. The SMILES string of the molecule is CCn1c(=O)c(C(=O)N[C@H]2C[C@@H](C)CC(C)(C)C2)cc2cccnc21. The molecule has 0 bridgehead atoms. The summed E-state index contributed by atoms with van der Waals surface area (Å²) in [5.41, 5.74) is 0.777. The highest BCUT2D eigenvalue weighted by molar-refractivity contribution is 5.97. The zero-order chi connectivity index (χ0) is 18.2. The van der Waals surface area contributed by atoms with Crippen LogP contribution in [0.5, 0.6) is 0 Å². The van der Waals surface area contributed by atoms with Crippen LogP contribution in [0.2, 0.25) is 0 Å². The molecule has 2 atom stereocenters. The highest BCUT2D eigenvalue weighted by Gasteiger charge is 2.33. The van der Waals surface area contributed by atoms with Crippen LogP contribution in [0.3, 0.4) is 0 Å². The van der Waals surface area contributed by atoms with Gasteiger partial charge in [-0.15, -0.1) is 0 Å². The van der Waals surface area contributed by atoms with Gasteiger partial charge in [0.25, 0.3) is 11.5 Å². The van der Waals surface area contributed by atoms with E-state index in [1.165, 1.54) is 6.42 Å². The lowest BCUT2D eigenvalue weighted by molar-refractivity contribution is 0.0872. The molecule has 0 radical (unpaired) electrons. The number of hydrogen-bond donors (Lipinski definition) is 1. The van der Waals surface area contributed by atoms with Gasteiger partial charge >= 0.3 is 0 Å². The van der Waals surface area contributed by atoms with E-state index in [9.17, 15) is 9.59 Å². The number of nitrogens with one attached hydrogen (secondary N) is 1. The lowest BCUT2D eigenvalue weighted by atomic mass is 9.70. The van der Waals surface area contributed by atoms with Gasteiger partial charge in [0, 0.05) is 24.2 Å². The molecule has 1 amide bonds. The fraction of sp³-hybridized carbons (Fsp3) is 0.550. The topological polar surface area (TPSA) is 64.0 Å². The van der Waals surface area contributed by atoms with Crippen molar-refractivity contribution in [1.82, 2.24) is 14.9 Å². The van der Waals surface area contributed by atoms with Crippen molar-refractivity contribution in [3.05, 3.63) is 40.3 Å². The van der Waals surface area contributed by atoms with Crippen molar-refractivity contribution in [3.8, 4) is 0 Å². The van der Waals surface area contributed by atoms with Gasteiger partial charge in [0.1, 0.15) is 11.2 Å². The maximum Gasteiger partial charge on any atom is 0.265 e. The molecule has 1 aliphatic carbocycles. The molecule has 0 aliphatic heterocycles. The average molecular weight is 341 g/mol. The van der Waals surface area contributed by atoms with Crippen LogP contribution in [0.4, 0.5) is 0 Å². The molecule has 134 valence electrons. The van der Waals surface area contributed by atoms with E-state index < -0.39 is 0 Å². The van der Waals surface area contributed by atoms with E-state index in [2.05, 4.69) is 31.1 Å². The van der Waals surface area contributed by atoms with Gasteiger partial charge in [-0.3, -0.25) is 14.2 Å². The van der Waals surface area contributed by atoms with Gasteiger partial charge in [-0.2, -0.15) is 0 Å². The standard InChI is InChI=1S/C20H27N3O2/c1-5-23-17-14(7-6-8-21-17)10-16(19(23)25)18(24)22-15-9-13(2)11-20(3,4)12-15/h6-8,10,13,15H,5,9,11-12H2,1-4H3,(H,22,24)/t13-,15+/m1/s1. The summed E-state index contributed by atoms with van der Waals surface area (Å²) in [4.78, 5) is 29.9. The summed E-state index contributed by atoms with van der Waals surface area (Å²) in [5.74, 6) is 0.301. The first-order chi connectivity index (χ1) is 11.8. The Morgan fingerprint density at radius 2 is 2.16 bits per heavy atom. The molecule has 5 heteroatoms. The quantitative estimate of drug-likeness (QED) is 0.931. The van der Waals surface area contributed by atoms with Gasteiger partial charge in [-0.25, -0.2) is 4.98 Å². The third-order valence-electron chi connectivity index (χ3n) is 5.13. The van der Waals surface area contributed by atoms with Crippen LogP contribution >= 0.6 is 0 Å². The maximum atomic E-state index is 12.8. The van der Waals surface area contributed by atoms with Crippen LogP contribution in [0.1, 0.15) is 57.3 Å². The Morgan fingerprint density at radius 1 is 1.40 bits per heavy atom. The highest BCUT2D eigenvalue weighted by atomic mass is 16.2. The minimum Gasteiger partial charge on any atom is -0.349 e. The van der Waals surface area contributed by atoms with Crippen molar-refractivity contribution in [2.24, 2.45) is 11.3 Å². The molecule has 3 rings (SSSR count). The Labute approximate surface area is 148 Å². The number of carbonyl (C=O) groups is 1. The number of aryl methyl sites for hydroxylation is 1. The second-order valence-electron chi connectivity index (χ2n) is 8.11. The van der Waals surface area contributed by atoms with E-state index in [4.69, 9.17) is 0 Å². The van der Waals surface area contributed by atoms with Crippen LogP contribution < -0.4 is 10.9 Å². The Bertz CT molecular complexity index is 854. The molecule has 2 aromatic rings. The number of fused-ring (bicyclic) bond motifs is 1. The number of carbonyl (C=O) groups excluding carboxylic acids is 1. The minimum absolute atomic E-state index is 0.116. The molecule has 1 fully saturated rings. The van der Waals surface area contributed by atoms with E-state index in [1.54, 1.807) is 16.8 Å². The number of pyridine rings is 2. The summed E-state index contributed by atoms with van der Waals surface area (Å²) in [6.07, 6.45) is 4.75. The Balaban J connectivity index is 1.92. The second-order valence-corrected chi connectivity index (χ2v) is 8.11. The smallest absolute Gasteiger partial charge is 0.265 e. The van der Waals surface area contributed by atoms with Crippen LogP contribution in [-0.4, -0.2) is 21.5 Å². The summed E-state index contributed by atoms with van der Waals surface area (Å²) in [6.45, 7) is 9.09. The summed E-state index contributed by atoms with van der Waals surface area (Å²) in [7, 11) is 0. The number of hydrogen-bond acceptors (Lipinski definition) is 3. The predicted molar refractivity (Wildman–Crippen MR) is 99.7 cm³/mol. The summed E-state index contributed by atoms with van der Waals surface area (Å²) < 4.78 is 1.57. The minimum atomic E-state index is -0.271. The Kier molecular flexibility index (Phi) is 4.67. The van der Waals surface area contributed by atoms with Crippen molar-refractivity contribution < 1.29 is 4.79 Å². The van der Waals surface area contributed by atoms with Crippen LogP contribution in [0.25, 0.3) is 11.0 Å². The Morgan fingerprint density at radius 3 is 2.84 bits per heavy atom. The normalized spacial score (nSPS) is 22.7. The lowest BCUT2D eigenvalue weighted by Gasteiger charge is -2.39. The van der Waals surface area contributed by atoms with Crippen LogP contribution in [-0.2, 0) is 6.54 Å². The van der Waals surface area contributed by atoms with Crippen molar-refractivity contribution >= 4 is 16.9 Å². The van der Waals surface area contributed by atoms with Gasteiger partial charge in [0.2, 0.25) is 0 Å². The molecular weight excluding hydrogens is 314 g/mol. The van der Waals surface area contributed by atoms with Gasteiger partial charge in [0.05, 0.1) is 0 Å². The first kappa shape index (κ1) is 17.6. The van der Waals surface area contributed by atoms with Crippen molar-refractivity contribution in [2.45, 2.75) is 59.5 Å². The van der Waals surface area contributed by atoms with Crippen molar-refractivity contribution in [1.29, 1.82) is 0 Å².